The first-order valence-corrected chi connectivity index (χ1v) is 11.1. The van der Waals surface area contributed by atoms with Crippen molar-refractivity contribution in [1.82, 2.24) is 4.90 Å². The van der Waals surface area contributed by atoms with Crippen molar-refractivity contribution in [2.75, 3.05) is 20.2 Å². The van der Waals surface area contributed by atoms with Gasteiger partial charge in [-0.15, -0.1) is 11.3 Å². The topological polar surface area (TPSA) is 79.3 Å². The molecule has 5 nitrogen and oxygen atoms in total. The van der Waals surface area contributed by atoms with Gasteiger partial charge in [0.25, 0.3) is 11.8 Å². The zero-order valence-corrected chi connectivity index (χ0v) is 18.8. The van der Waals surface area contributed by atoms with E-state index in [2.05, 4.69) is 0 Å². The van der Waals surface area contributed by atoms with Gasteiger partial charge in [0.1, 0.15) is 11.9 Å². The maximum atomic E-state index is 14.4. The predicted molar refractivity (Wildman–Crippen MR) is 120 cm³/mol. The van der Waals surface area contributed by atoms with E-state index < -0.39 is 35.9 Å². The first kappa shape index (κ1) is 23.7. The second kappa shape index (κ2) is 9.08. The van der Waals surface area contributed by atoms with Crippen LogP contribution < -0.4 is 10.5 Å². The van der Waals surface area contributed by atoms with Gasteiger partial charge in [0.05, 0.1) is 23.6 Å². The molecule has 1 saturated heterocycles. The second-order valence-corrected chi connectivity index (χ2v) is 8.93. The number of nitrogens with two attached hydrogens (primary N) is 1. The van der Waals surface area contributed by atoms with Crippen LogP contribution in [-0.2, 0) is 0 Å². The lowest BCUT2D eigenvalue weighted by atomic mass is 10.00. The Kier molecular flexibility index (Phi) is 6.34. The number of thiophene rings is 1. The summed E-state index contributed by atoms with van der Waals surface area (Å²) in [6.07, 6.45) is -0.546. The molecule has 0 saturated carbocycles. The number of halogens is 4. The van der Waals surface area contributed by atoms with Crippen LogP contribution in [0.2, 0.25) is 0 Å². The van der Waals surface area contributed by atoms with Crippen LogP contribution in [0.4, 0.5) is 17.6 Å². The van der Waals surface area contributed by atoms with Gasteiger partial charge in [-0.05, 0) is 47.5 Å². The maximum Gasteiger partial charge on any atom is 0.266 e. The number of amides is 1. The Morgan fingerprint density at radius 3 is 2.50 bits per heavy atom. The molecule has 2 N–H and O–H groups in total. The molecule has 10 heteroatoms. The molecule has 1 atom stereocenters. The average molecular weight is 489 g/mol. The molecule has 1 unspecified atom stereocenters. The summed E-state index contributed by atoms with van der Waals surface area (Å²) >= 11 is 1.03. The number of likely N-dealkylation sites (tertiary alicyclic amines) is 1. The summed E-state index contributed by atoms with van der Waals surface area (Å²) in [4.78, 5) is 15.1. The molecule has 176 valence electrons. The highest BCUT2D eigenvalue weighted by molar-refractivity contribution is 7.18. The standard InChI is InChI=1S/C24H19F4N3O2S/c1-33-19-5-4-14(9-18(19)26)22-16(13-2-3-15(11-29)17(25)8-13)10-20(34-22)23(32)31-7-6-24(27,28)21(30)12-31/h2-5,8-10,21H,6-7,12,30H2,1H3. The third-order valence-corrected chi connectivity index (χ3v) is 6.89. The van der Waals surface area contributed by atoms with Crippen LogP contribution in [0.5, 0.6) is 5.75 Å². The fourth-order valence-electron chi connectivity index (χ4n) is 3.78. The van der Waals surface area contributed by atoms with E-state index >= 15 is 0 Å². The summed E-state index contributed by atoms with van der Waals surface area (Å²) in [7, 11) is 1.33. The number of rotatable bonds is 4. The molecule has 1 aromatic heterocycles. The molecule has 2 aromatic carbocycles. The Morgan fingerprint density at radius 1 is 1.18 bits per heavy atom. The number of ether oxygens (including phenoxy) is 1. The summed E-state index contributed by atoms with van der Waals surface area (Å²) in [6.45, 7) is -0.470. The molecule has 1 aliphatic rings. The van der Waals surface area contributed by atoms with Gasteiger partial charge < -0.3 is 15.4 Å². The number of methoxy groups -OCH3 is 1. The van der Waals surface area contributed by atoms with Crippen LogP contribution >= 0.6 is 11.3 Å². The van der Waals surface area contributed by atoms with Gasteiger partial charge in [-0.1, -0.05) is 6.07 Å². The number of alkyl halides is 2. The second-order valence-electron chi connectivity index (χ2n) is 7.88. The number of nitriles is 1. The molecule has 0 bridgehead atoms. The van der Waals surface area contributed by atoms with Gasteiger partial charge in [-0.3, -0.25) is 4.79 Å². The van der Waals surface area contributed by atoms with E-state index in [0.717, 1.165) is 17.4 Å². The normalized spacial score (nSPS) is 17.3. The molecule has 1 aliphatic heterocycles. The molecule has 0 aliphatic carbocycles. The average Bonchev–Trinajstić information content (AvgIpc) is 3.26. The molecule has 34 heavy (non-hydrogen) atoms. The molecule has 2 heterocycles. The van der Waals surface area contributed by atoms with E-state index in [1.807, 2.05) is 0 Å². The van der Waals surface area contributed by atoms with E-state index in [0.29, 0.717) is 21.6 Å². The number of benzene rings is 2. The van der Waals surface area contributed by atoms with Gasteiger partial charge in [-0.25, -0.2) is 17.6 Å². The summed E-state index contributed by atoms with van der Waals surface area (Å²) in [5.74, 6) is -4.88. The van der Waals surface area contributed by atoms with Crippen molar-refractivity contribution in [2.24, 2.45) is 5.73 Å². The van der Waals surface area contributed by atoms with E-state index in [-0.39, 0.29) is 29.3 Å². The molecule has 0 radical (unpaired) electrons. The van der Waals surface area contributed by atoms with Crippen LogP contribution in [0.3, 0.4) is 0 Å². The number of carbonyl (C=O) groups excluding carboxylic acids is 1. The minimum absolute atomic E-state index is 0.0332. The highest BCUT2D eigenvalue weighted by Crippen LogP contribution is 2.41. The zero-order valence-electron chi connectivity index (χ0n) is 17.9. The highest BCUT2D eigenvalue weighted by Gasteiger charge is 2.43. The quantitative estimate of drug-likeness (QED) is 0.521. The van der Waals surface area contributed by atoms with Crippen LogP contribution in [0.25, 0.3) is 21.6 Å². The van der Waals surface area contributed by atoms with Gasteiger partial charge in [-0.2, -0.15) is 5.26 Å². The molecule has 4 rings (SSSR count). The van der Waals surface area contributed by atoms with E-state index in [1.54, 1.807) is 12.1 Å². The fourth-order valence-corrected chi connectivity index (χ4v) is 4.92. The van der Waals surface area contributed by atoms with Crippen molar-refractivity contribution in [1.29, 1.82) is 5.26 Å². The Bertz CT molecular complexity index is 1300. The lowest BCUT2D eigenvalue weighted by Gasteiger charge is -2.36. The number of carbonyl (C=O) groups is 1. The minimum Gasteiger partial charge on any atom is -0.494 e. The Balaban J connectivity index is 1.79. The largest absolute Gasteiger partial charge is 0.494 e. The molecule has 1 amide bonds. The smallest absolute Gasteiger partial charge is 0.266 e. The monoisotopic (exact) mass is 489 g/mol. The van der Waals surface area contributed by atoms with Crippen molar-refractivity contribution in [2.45, 2.75) is 18.4 Å². The molecular formula is C24H19F4N3O2S. The first-order chi connectivity index (χ1) is 16.1. The van der Waals surface area contributed by atoms with Crippen molar-refractivity contribution in [3.63, 3.8) is 0 Å². The Hall–Kier alpha value is -3.42. The number of nitrogens with zero attached hydrogens (tertiary/aromatic N) is 2. The number of piperidine rings is 1. The van der Waals surface area contributed by atoms with E-state index in [1.165, 1.54) is 42.3 Å². The summed E-state index contributed by atoms with van der Waals surface area (Å²) in [5.41, 5.74) is 6.65. The van der Waals surface area contributed by atoms with Gasteiger partial charge in [0.2, 0.25) is 0 Å². The van der Waals surface area contributed by atoms with Crippen molar-refractivity contribution in [3.8, 4) is 33.4 Å². The predicted octanol–water partition coefficient (Wildman–Crippen LogP) is 5.05. The van der Waals surface area contributed by atoms with Crippen LogP contribution in [0, 0.1) is 23.0 Å². The fraction of sp³-hybridized carbons (Fsp3) is 0.250. The number of hydrogen-bond acceptors (Lipinski definition) is 5. The number of hydrogen-bond donors (Lipinski definition) is 1. The van der Waals surface area contributed by atoms with Crippen LogP contribution in [-0.4, -0.2) is 43.0 Å². The van der Waals surface area contributed by atoms with Crippen molar-refractivity contribution >= 4 is 17.2 Å². The van der Waals surface area contributed by atoms with Gasteiger partial charge >= 0.3 is 0 Å². The van der Waals surface area contributed by atoms with Gasteiger partial charge in [0.15, 0.2) is 11.6 Å². The highest BCUT2D eigenvalue weighted by atomic mass is 32.1. The first-order valence-electron chi connectivity index (χ1n) is 10.2. The summed E-state index contributed by atoms with van der Waals surface area (Å²) < 4.78 is 61.3. The zero-order chi connectivity index (χ0) is 24.6. The van der Waals surface area contributed by atoms with Gasteiger partial charge in [0, 0.05) is 30.0 Å². The third-order valence-electron chi connectivity index (χ3n) is 5.72. The van der Waals surface area contributed by atoms with E-state index in [4.69, 9.17) is 15.7 Å². The molecule has 1 fully saturated rings. The molecule has 0 spiro atoms. The Labute approximate surface area is 197 Å². The van der Waals surface area contributed by atoms with Crippen LogP contribution in [0.1, 0.15) is 21.7 Å². The van der Waals surface area contributed by atoms with E-state index in [9.17, 15) is 22.4 Å². The van der Waals surface area contributed by atoms with Crippen molar-refractivity contribution < 1.29 is 27.1 Å². The lowest BCUT2D eigenvalue weighted by Crippen LogP contribution is -2.56. The van der Waals surface area contributed by atoms with Crippen molar-refractivity contribution in [3.05, 3.63) is 64.5 Å². The minimum atomic E-state index is -3.05. The third kappa shape index (κ3) is 4.36. The lowest BCUT2D eigenvalue weighted by molar-refractivity contribution is -0.0662. The Morgan fingerprint density at radius 2 is 1.88 bits per heavy atom. The summed E-state index contributed by atoms with van der Waals surface area (Å²) in [5, 5.41) is 9.02. The molecule has 3 aromatic rings. The maximum absolute atomic E-state index is 14.4. The van der Waals surface area contributed by atoms with Crippen LogP contribution in [0.15, 0.2) is 42.5 Å². The molecular weight excluding hydrogens is 470 g/mol. The summed E-state index contributed by atoms with van der Waals surface area (Å²) in [6, 6.07) is 10.1. The SMILES string of the molecule is COc1ccc(-c2sc(C(=O)N3CCC(F)(F)C(N)C3)cc2-c2ccc(C#N)c(F)c2)cc1F.